The van der Waals surface area contributed by atoms with Gasteiger partial charge in [-0.1, -0.05) is 11.6 Å². The second-order valence-corrected chi connectivity index (χ2v) is 7.31. The van der Waals surface area contributed by atoms with Gasteiger partial charge in [-0.25, -0.2) is 0 Å². The van der Waals surface area contributed by atoms with Crippen molar-refractivity contribution in [3.8, 4) is 0 Å². The van der Waals surface area contributed by atoms with Gasteiger partial charge < -0.3 is 5.32 Å². The minimum atomic E-state index is -0.171. The maximum absolute atomic E-state index is 12.1. The van der Waals surface area contributed by atoms with E-state index in [4.69, 9.17) is 11.6 Å². The Kier molecular flexibility index (Phi) is 5.74. The van der Waals surface area contributed by atoms with Crippen LogP contribution in [0.5, 0.6) is 0 Å². The number of amides is 1. The van der Waals surface area contributed by atoms with Crippen molar-refractivity contribution in [2.45, 2.75) is 17.1 Å². The average molecular weight is 418 g/mol. The van der Waals surface area contributed by atoms with E-state index < -0.39 is 0 Å². The van der Waals surface area contributed by atoms with Crippen LogP contribution >= 0.6 is 46.0 Å². The van der Waals surface area contributed by atoms with Crippen molar-refractivity contribution < 1.29 is 4.79 Å². The van der Waals surface area contributed by atoms with E-state index in [1.54, 1.807) is 0 Å². The highest BCUT2D eigenvalue weighted by molar-refractivity contribution is 14.1. The number of hydrogen-bond acceptors (Lipinski definition) is 2. The summed E-state index contributed by atoms with van der Waals surface area (Å²) in [6, 6.07) is 15.2. The van der Waals surface area contributed by atoms with E-state index in [-0.39, 0.29) is 11.2 Å². The molecule has 2 aromatic carbocycles. The molecule has 0 heterocycles. The number of halogens is 2. The number of rotatable bonds is 4. The Morgan fingerprint density at radius 1 is 1.15 bits per heavy atom. The molecule has 0 spiro atoms. The number of nitrogens with one attached hydrogen (secondary N) is 1. The Morgan fingerprint density at radius 3 is 2.35 bits per heavy atom. The van der Waals surface area contributed by atoms with E-state index in [9.17, 15) is 4.79 Å². The van der Waals surface area contributed by atoms with Crippen LogP contribution in [-0.4, -0.2) is 11.2 Å². The van der Waals surface area contributed by atoms with E-state index in [2.05, 4.69) is 27.9 Å². The third-order valence-corrected chi connectivity index (χ3v) is 4.69. The van der Waals surface area contributed by atoms with Crippen LogP contribution < -0.4 is 5.32 Å². The van der Waals surface area contributed by atoms with Crippen molar-refractivity contribution in [2.24, 2.45) is 0 Å². The Balaban J connectivity index is 1.94. The molecule has 104 valence electrons. The van der Waals surface area contributed by atoms with Crippen LogP contribution in [0, 0.1) is 3.57 Å². The van der Waals surface area contributed by atoms with Crippen molar-refractivity contribution >= 4 is 57.5 Å². The molecule has 0 saturated carbocycles. The lowest BCUT2D eigenvalue weighted by Gasteiger charge is -2.12. The summed E-state index contributed by atoms with van der Waals surface area (Å²) in [5, 5.41) is 3.44. The Morgan fingerprint density at radius 2 is 1.75 bits per heavy atom. The summed E-state index contributed by atoms with van der Waals surface area (Å²) in [5.74, 6) is -0.00819. The van der Waals surface area contributed by atoms with Crippen LogP contribution in [0.3, 0.4) is 0 Å². The van der Waals surface area contributed by atoms with E-state index in [0.717, 1.165) is 14.2 Å². The first kappa shape index (κ1) is 15.7. The molecule has 0 aliphatic rings. The van der Waals surface area contributed by atoms with Gasteiger partial charge in [0.05, 0.1) is 5.25 Å². The third-order valence-electron chi connectivity index (χ3n) is 2.61. The summed E-state index contributed by atoms with van der Waals surface area (Å²) in [7, 11) is 0. The van der Waals surface area contributed by atoms with Gasteiger partial charge in [-0.05, 0) is 78.0 Å². The van der Waals surface area contributed by atoms with E-state index in [0.29, 0.717) is 5.02 Å². The van der Waals surface area contributed by atoms with E-state index >= 15 is 0 Å². The van der Waals surface area contributed by atoms with Crippen LogP contribution in [-0.2, 0) is 4.79 Å². The van der Waals surface area contributed by atoms with Gasteiger partial charge in [-0.2, -0.15) is 0 Å². The highest BCUT2D eigenvalue weighted by Crippen LogP contribution is 2.25. The highest BCUT2D eigenvalue weighted by atomic mass is 127. The van der Waals surface area contributed by atoms with Crippen molar-refractivity contribution in [3.63, 3.8) is 0 Å². The average Bonchev–Trinajstić information content (AvgIpc) is 2.44. The van der Waals surface area contributed by atoms with Gasteiger partial charge in [0.2, 0.25) is 5.91 Å². The molecule has 0 fully saturated rings. The Bertz CT molecular complexity index is 586. The smallest absolute Gasteiger partial charge is 0.237 e. The number of thioether (sulfide) groups is 1. The second kappa shape index (κ2) is 7.33. The molecule has 2 rings (SSSR count). The number of anilines is 1. The first-order valence-corrected chi connectivity index (χ1v) is 8.37. The summed E-state index contributed by atoms with van der Waals surface area (Å²) >= 11 is 9.59. The molecule has 5 heteroatoms. The molecule has 0 saturated heterocycles. The molecular formula is C15H13ClINOS. The van der Waals surface area contributed by atoms with Crippen molar-refractivity contribution in [3.05, 3.63) is 57.1 Å². The van der Waals surface area contributed by atoms with Crippen molar-refractivity contribution in [1.29, 1.82) is 0 Å². The predicted octanol–water partition coefficient (Wildman–Crippen LogP) is 5.06. The minimum Gasteiger partial charge on any atom is -0.325 e. The number of carbonyl (C=O) groups is 1. The number of carbonyl (C=O) groups excluding carboxylic acids is 1. The summed E-state index contributed by atoms with van der Waals surface area (Å²) in [6.07, 6.45) is 0. The summed E-state index contributed by atoms with van der Waals surface area (Å²) in [5.41, 5.74) is 0.818. The predicted molar refractivity (Wildman–Crippen MR) is 94.6 cm³/mol. The van der Waals surface area contributed by atoms with Gasteiger partial charge in [0.1, 0.15) is 0 Å². The standard InChI is InChI=1S/C15H13ClINOS/c1-10(20-14-8-2-11(16)3-9-14)15(19)18-13-6-4-12(17)5-7-13/h2-10H,1H3,(H,18,19). The van der Waals surface area contributed by atoms with Crippen molar-refractivity contribution in [2.75, 3.05) is 5.32 Å². The molecule has 1 atom stereocenters. The van der Waals surface area contributed by atoms with Crippen LogP contribution in [0.4, 0.5) is 5.69 Å². The topological polar surface area (TPSA) is 29.1 Å². The molecule has 2 aromatic rings. The van der Waals surface area contributed by atoms with Gasteiger partial charge in [0.15, 0.2) is 0 Å². The molecule has 1 unspecified atom stereocenters. The normalized spacial score (nSPS) is 11.9. The lowest BCUT2D eigenvalue weighted by Crippen LogP contribution is -2.22. The fraction of sp³-hybridized carbons (Fsp3) is 0.133. The minimum absolute atomic E-state index is 0.00819. The summed E-state index contributed by atoms with van der Waals surface area (Å²) in [6.45, 7) is 1.89. The quantitative estimate of drug-likeness (QED) is 0.556. The van der Waals surface area contributed by atoms with Gasteiger partial charge in [0.25, 0.3) is 0 Å². The summed E-state index contributed by atoms with van der Waals surface area (Å²) in [4.78, 5) is 13.1. The van der Waals surface area contributed by atoms with Crippen molar-refractivity contribution in [1.82, 2.24) is 0 Å². The molecule has 2 nitrogen and oxygen atoms in total. The Hall–Kier alpha value is -0.720. The van der Waals surface area contributed by atoms with Crippen LogP contribution in [0.2, 0.25) is 5.02 Å². The molecular weight excluding hydrogens is 405 g/mol. The zero-order chi connectivity index (χ0) is 14.5. The summed E-state index contributed by atoms with van der Waals surface area (Å²) < 4.78 is 1.14. The molecule has 0 aliphatic carbocycles. The zero-order valence-electron chi connectivity index (χ0n) is 10.8. The zero-order valence-corrected chi connectivity index (χ0v) is 14.5. The molecule has 0 aromatic heterocycles. The highest BCUT2D eigenvalue weighted by Gasteiger charge is 2.14. The second-order valence-electron chi connectivity index (χ2n) is 4.21. The molecule has 0 aliphatic heterocycles. The SMILES string of the molecule is CC(Sc1ccc(Cl)cc1)C(=O)Nc1ccc(I)cc1. The van der Waals surface area contributed by atoms with Gasteiger partial charge >= 0.3 is 0 Å². The fourth-order valence-corrected chi connectivity index (χ4v) is 2.90. The first-order chi connectivity index (χ1) is 9.54. The van der Waals surface area contributed by atoms with Gasteiger partial charge in [-0.15, -0.1) is 11.8 Å². The number of hydrogen-bond donors (Lipinski definition) is 1. The van der Waals surface area contributed by atoms with Gasteiger partial charge in [0, 0.05) is 19.2 Å². The molecule has 0 radical (unpaired) electrons. The molecule has 0 bridgehead atoms. The third kappa shape index (κ3) is 4.68. The lowest BCUT2D eigenvalue weighted by molar-refractivity contribution is -0.115. The first-order valence-electron chi connectivity index (χ1n) is 6.03. The molecule has 20 heavy (non-hydrogen) atoms. The lowest BCUT2D eigenvalue weighted by atomic mass is 10.3. The molecule has 1 amide bonds. The molecule has 1 N–H and O–H groups in total. The van der Waals surface area contributed by atoms with Crippen LogP contribution in [0.15, 0.2) is 53.4 Å². The monoisotopic (exact) mass is 417 g/mol. The van der Waals surface area contributed by atoms with E-state index in [1.807, 2.05) is 55.5 Å². The van der Waals surface area contributed by atoms with E-state index in [1.165, 1.54) is 11.8 Å². The van der Waals surface area contributed by atoms with Crippen LogP contribution in [0.25, 0.3) is 0 Å². The maximum Gasteiger partial charge on any atom is 0.237 e. The Labute approximate surface area is 141 Å². The van der Waals surface area contributed by atoms with Gasteiger partial charge in [-0.3, -0.25) is 4.79 Å². The maximum atomic E-state index is 12.1. The largest absolute Gasteiger partial charge is 0.325 e. The fourth-order valence-electron chi connectivity index (χ4n) is 1.55. The number of benzene rings is 2. The van der Waals surface area contributed by atoms with Crippen LogP contribution in [0.1, 0.15) is 6.92 Å².